The highest BCUT2D eigenvalue weighted by Crippen LogP contribution is 2.35. The van der Waals surface area contributed by atoms with E-state index in [-0.39, 0.29) is 5.82 Å². The van der Waals surface area contributed by atoms with E-state index in [0.717, 1.165) is 75.2 Å². The third kappa shape index (κ3) is 8.43. The van der Waals surface area contributed by atoms with Gasteiger partial charge in [-0.05, 0) is 62.9 Å². The van der Waals surface area contributed by atoms with Crippen molar-refractivity contribution in [2.24, 2.45) is 10.9 Å². The fourth-order valence-corrected chi connectivity index (χ4v) is 5.59. The minimum Gasteiger partial charge on any atom is -0.362 e. The molecule has 1 aliphatic rings. The molecule has 6 nitrogen and oxygen atoms in total. The number of benzene rings is 1. The zero-order valence-corrected chi connectivity index (χ0v) is 27.8. The van der Waals surface area contributed by atoms with Crippen molar-refractivity contribution in [1.29, 1.82) is 0 Å². The summed E-state index contributed by atoms with van der Waals surface area (Å²) in [6, 6.07) is 5.60. The average Bonchev–Trinajstić information content (AvgIpc) is 3.57. The van der Waals surface area contributed by atoms with Crippen LogP contribution >= 0.6 is 0 Å². The number of nitrogens with one attached hydrogen (secondary N) is 1. The highest BCUT2D eigenvalue weighted by molar-refractivity contribution is 5.95. The van der Waals surface area contributed by atoms with Crippen molar-refractivity contribution in [2.45, 2.75) is 101 Å². The molecule has 5 rings (SSSR count). The van der Waals surface area contributed by atoms with E-state index in [1.807, 2.05) is 60.0 Å². The summed E-state index contributed by atoms with van der Waals surface area (Å²) in [5, 5.41) is 0.935. The Hall–Kier alpha value is -3.74. The summed E-state index contributed by atoms with van der Waals surface area (Å²) in [5.41, 5.74) is 7.36. The molecule has 4 aromatic rings. The molecule has 1 aliphatic heterocycles. The Balaban J connectivity index is 0.000000441. The number of hydrogen-bond acceptors (Lipinski definition) is 4. The highest BCUT2D eigenvalue weighted by atomic mass is 19.1. The lowest BCUT2D eigenvalue weighted by atomic mass is 10.0. The van der Waals surface area contributed by atoms with E-state index in [2.05, 4.69) is 69.0 Å². The number of halogens is 1. The fourth-order valence-electron chi connectivity index (χ4n) is 5.59. The van der Waals surface area contributed by atoms with Gasteiger partial charge in [-0.1, -0.05) is 66.9 Å². The number of imidazole rings is 1. The Morgan fingerprint density at radius 1 is 1.09 bits per heavy atom. The van der Waals surface area contributed by atoms with Crippen LogP contribution < -0.4 is 0 Å². The molecular weight excluding hydrogens is 535 g/mol. The standard InChI is InChI=1S/C26H27FN6.C8H18.C2H6/c1-15(2)30-25-16(3)8-19(10-23(25)27)22-12-29-26-21(22)9-20(11-28-26)18(5)32-6-7-33-13-17(4)31-24(33)14-32;1-4-6-8(3)7-5-2;1-2/h8-13H,5-7,14H2,1-4H3,(H,28,29);8H,4-7H2,1-3H3;1-2H3. The Morgan fingerprint density at radius 2 is 1.79 bits per heavy atom. The molecule has 0 saturated heterocycles. The molecule has 43 heavy (non-hydrogen) atoms. The molecule has 232 valence electrons. The largest absolute Gasteiger partial charge is 0.362 e. The van der Waals surface area contributed by atoms with Gasteiger partial charge in [-0.25, -0.2) is 14.4 Å². The quantitative estimate of drug-likeness (QED) is 0.209. The number of aliphatic imine (C=N–C) groups is 1. The summed E-state index contributed by atoms with van der Waals surface area (Å²) in [7, 11) is 0. The van der Waals surface area contributed by atoms with E-state index >= 15 is 0 Å². The molecule has 0 spiro atoms. The van der Waals surface area contributed by atoms with Crippen molar-refractivity contribution in [2.75, 3.05) is 6.54 Å². The lowest BCUT2D eigenvalue weighted by Crippen LogP contribution is -2.32. The van der Waals surface area contributed by atoms with E-state index in [0.29, 0.717) is 12.2 Å². The summed E-state index contributed by atoms with van der Waals surface area (Å²) < 4.78 is 17.1. The van der Waals surface area contributed by atoms with Crippen molar-refractivity contribution in [3.05, 3.63) is 71.8 Å². The number of H-pyrrole nitrogens is 1. The first-order chi connectivity index (χ1) is 20.6. The summed E-state index contributed by atoms with van der Waals surface area (Å²) >= 11 is 0. The molecule has 0 bridgehead atoms. The van der Waals surface area contributed by atoms with Gasteiger partial charge < -0.3 is 14.5 Å². The first-order valence-electron chi connectivity index (χ1n) is 15.9. The maximum absolute atomic E-state index is 14.9. The number of aromatic amines is 1. The minimum absolute atomic E-state index is 0.326. The lowest BCUT2D eigenvalue weighted by Gasteiger charge is -2.31. The highest BCUT2D eigenvalue weighted by Gasteiger charge is 2.21. The predicted molar refractivity (Wildman–Crippen MR) is 181 cm³/mol. The molecule has 3 aromatic heterocycles. The molecule has 1 N–H and O–H groups in total. The molecule has 1 aromatic carbocycles. The van der Waals surface area contributed by atoms with Gasteiger partial charge in [0.1, 0.15) is 23.0 Å². The van der Waals surface area contributed by atoms with Crippen molar-refractivity contribution < 1.29 is 4.39 Å². The van der Waals surface area contributed by atoms with Gasteiger partial charge in [0.25, 0.3) is 0 Å². The second kappa shape index (κ2) is 15.6. The number of hydrogen-bond donors (Lipinski definition) is 1. The van der Waals surface area contributed by atoms with E-state index in [9.17, 15) is 4.39 Å². The van der Waals surface area contributed by atoms with Crippen LogP contribution in [0.15, 0.2) is 48.4 Å². The minimum atomic E-state index is -0.326. The first-order valence-corrected chi connectivity index (χ1v) is 15.9. The molecule has 0 unspecified atom stereocenters. The van der Waals surface area contributed by atoms with Crippen molar-refractivity contribution in [1.82, 2.24) is 24.4 Å². The third-order valence-corrected chi connectivity index (χ3v) is 7.63. The Bertz CT molecular complexity index is 1510. The molecule has 0 saturated carbocycles. The van der Waals surface area contributed by atoms with Crippen LogP contribution in [0.25, 0.3) is 27.9 Å². The lowest BCUT2D eigenvalue weighted by molar-refractivity contribution is 0.314. The molecule has 0 radical (unpaired) electrons. The molecule has 0 amide bonds. The van der Waals surface area contributed by atoms with Crippen LogP contribution in [-0.4, -0.2) is 36.7 Å². The number of fused-ring (bicyclic) bond motifs is 2. The fraction of sp³-hybridized carbons (Fsp3) is 0.472. The smallest absolute Gasteiger partial charge is 0.149 e. The van der Waals surface area contributed by atoms with E-state index in [1.165, 1.54) is 25.7 Å². The SMILES string of the molecule is C=C(c1cnc2[nH]cc(-c3cc(C)c(N=C(C)C)c(F)c3)c2c1)N1CCn2cc(C)nc2C1.CC.CCCC(C)CCC. The van der Waals surface area contributed by atoms with Gasteiger partial charge in [-0.15, -0.1) is 0 Å². The van der Waals surface area contributed by atoms with Crippen LogP contribution in [0.3, 0.4) is 0 Å². The van der Waals surface area contributed by atoms with Gasteiger partial charge in [0.05, 0.1) is 12.2 Å². The second-order valence-electron chi connectivity index (χ2n) is 11.5. The Morgan fingerprint density at radius 3 is 2.42 bits per heavy atom. The van der Waals surface area contributed by atoms with Gasteiger partial charge in [0.15, 0.2) is 0 Å². The number of pyridine rings is 1. The maximum atomic E-state index is 14.9. The average molecular weight is 587 g/mol. The summed E-state index contributed by atoms with van der Waals surface area (Å²) in [4.78, 5) is 19.0. The Kier molecular flexibility index (Phi) is 12.3. The van der Waals surface area contributed by atoms with Gasteiger partial charge in [0.2, 0.25) is 0 Å². The van der Waals surface area contributed by atoms with Gasteiger partial charge in [0, 0.05) is 59.6 Å². The number of aromatic nitrogens is 4. The van der Waals surface area contributed by atoms with Crippen LogP contribution in [0.2, 0.25) is 0 Å². The van der Waals surface area contributed by atoms with Crippen LogP contribution in [0.4, 0.5) is 10.1 Å². The second-order valence-corrected chi connectivity index (χ2v) is 11.5. The van der Waals surface area contributed by atoms with Crippen molar-refractivity contribution in [3.8, 4) is 11.1 Å². The number of aryl methyl sites for hydroxylation is 2. The summed E-state index contributed by atoms with van der Waals surface area (Å²) in [6.07, 6.45) is 11.3. The third-order valence-electron chi connectivity index (χ3n) is 7.63. The van der Waals surface area contributed by atoms with E-state index in [1.54, 1.807) is 6.07 Å². The van der Waals surface area contributed by atoms with Crippen LogP contribution in [0.5, 0.6) is 0 Å². The van der Waals surface area contributed by atoms with Gasteiger partial charge in [-0.2, -0.15) is 0 Å². The summed E-state index contributed by atoms with van der Waals surface area (Å²) in [6.45, 7) is 25.3. The van der Waals surface area contributed by atoms with E-state index < -0.39 is 0 Å². The Labute approximate surface area is 258 Å². The monoisotopic (exact) mass is 586 g/mol. The van der Waals surface area contributed by atoms with Crippen LogP contribution in [-0.2, 0) is 13.1 Å². The van der Waals surface area contributed by atoms with Crippen molar-refractivity contribution >= 4 is 28.1 Å². The zero-order valence-electron chi connectivity index (χ0n) is 27.8. The molecule has 0 atom stereocenters. The maximum Gasteiger partial charge on any atom is 0.149 e. The number of nitrogens with zero attached hydrogens (tertiary/aromatic N) is 5. The van der Waals surface area contributed by atoms with Gasteiger partial charge in [-0.3, -0.25) is 4.99 Å². The topological polar surface area (TPSA) is 62.1 Å². The van der Waals surface area contributed by atoms with Crippen molar-refractivity contribution in [3.63, 3.8) is 0 Å². The molecular formula is C36H51FN6. The first kappa shape index (κ1) is 33.8. The molecule has 0 fully saturated rings. The normalized spacial score (nSPS) is 12.3. The van der Waals surface area contributed by atoms with Gasteiger partial charge >= 0.3 is 0 Å². The van der Waals surface area contributed by atoms with Crippen LogP contribution in [0, 0.1) is 25.6 Å². The van der Waals surface area contributed by atoms with Crippen LogP contribution in [0.1, 0.15) is 96.8 Å². The number of rotatable bonds is 8. The predicted octanol–water partition coefficient (Wildman–Crippen LogP) is 10.0. The van der Waals surface area contributed by atoms with E-state index in [4.69, 9.17) is 0 Å². The molecule has 0 aliphatic carbocycles. The zero-order chi connectivity index (χ0) is 31.7. The molecule has 7 heteroatoms. The molecule has 4 heterocycles. The summed E-state index contributed by atoms with van der Waals surface area (Å²) in [5.74, 6) is 1.69.